The number of hydrogen-bond donors (Lipinski definition) is 0. The molecule has 4 heteroatoms. The van der Waals surface area contributed by atoms with Crippen LogP contribution in [0.4, 0.5) is 5.82 Å². The molecule has 0 bridgehead atoms. The molecule has 0 aliphatic carbocycles. The standard InChI is InChI=1S/C15H24ClN3/c1-4-7-12-8-5-6-9-19(12)14-10-13(16)17-15(18-14)11(2)3/h10-12H,4-9H2,1-3H3. The Kier molecular flexibility index (Phi) is 5.03. The molecule has 3 nitrogen and oxygen atoms in total. The molecule has 19 heavy (non-hydrogen) atoms. The van der Waals surface area contributed by atoms with Gasteiger partial charge in [0, 0.05) is 24.6 Å². The Morgan fingerprint density at radius 3 is 2.84 bits per heavy atom. The van der Waals surface area contributed by atoms with Crippen molar-refractivity contribution in [3.63, 3.8) is 0 Å². The summed E-state index contributed by atoms with van der Waals surface area (Å²) in [6.07, 6.45) is 6.30. The van der Waals surface area contributed by atoms with Crippen LogP contribution in [0, 0.1) is 0 Å². The molecular formula is C15H24ClN3. The average Bonchev–Trinajstić information content (AvgIpc) is 2.39. The number of nitrogens with zero attached hydrogens (tertiary/aromatic N) is 3. The third-order valence-corrected chi connectivity index (χ3v) is 3.95. The van der Waals surface area contributed by atoms with E-state index >= 15 is 0 Å². The van der Waals surface area contributed by atoms with Crippen molar-refractivity contribution in [2.45, 2.75) is 64.8 Å². The van der Waals surface area contributed by atoms with E-state index in [0.717, 1.165) is 18.2 Å². The van der Waals surface area contributed by atoms with Crippen LogP contribution in [0.25, 0.3) is 0 Å². The first-order chi connectivity index (χ1) is 9.11. The van der Waals surface area contributed by atoms with E-state index in [4.69, 9.17) is 16.6 Å². The Hall–Kier alpha value is -0.830. The van der Waals surface area contributed by atoms with Gasteiger partial charge >= 0.3 is 0 Å². The second kappa shape index (κ2) is 6.56. The van der Waals surface area contributed by atoms with Crippen LogP contribution in [0.1, 0.15) is 64.6 Å². The molecule has 1 fully saturated rings. The minimum atomic E-state index is 0.312. The van der Waals surface area contributed by atoms with Crippen LogP contribution in [-0.2, 0) is 0 Å². The molecule has 2 rings (SSSR count). The molecule has 0 spiro atoms. The average molecular weight is 282 g/mol. The highest BCUT2D eigenvalue weighted by molar-refractivity contribution is 6.29. The first kappa shape index (κ1) is 14.6. The molecule has 1 atom stereocenters. The normalized spacial score (nSPS) is 20.1. The molecule has 0 aromatic carbocycles. The molecule has 1 unspecified atom stereocenters. The van der Waals surface area contributed by atoms with Gasteiger partial charge in [-0.2, -0.15) is 0 Å². The van der Waals surface area contributed by atoms with E-state index in [0.29, 0.717) is 17.1 Å². The van der Waals surface area contributed by atoms with E-state index in [9.17, 15) is 0 Å². The van der Waals surface area contributed by atoms with Crippen LogP contribution >= 0.6 is 11.6 Å². The molecule has 0 saturated carbocycles. The molecule has 1 aliphatic heterocycles. The van der Waals surface area contributed by atoms with Gasteiger partial charge in [-0.25, -0.2) is 9.97 Å². The molecule has 0 radical (unpaired) electrons. The fraction of sp³-hybridized carbons (Fsp3) is 0.733. The lowest BCUT2D eigenvalue weighted by molar-refractivity contribution is 0.431. The first-order valence-electron chi connectivity index (χ1n) is 7.43. The van der Waals surface area contributed by atoms with E-state index in [1.807, 2.05) is 6.07 Å². The van der Waals surface area contributed by atoms with Gasteiger partial charge in [0.25, 0.3) is 0 Å². The van der Waals surface area contributed by atoms with Crippen molar-refractivity contribution in [3.05, 3.63) is 17.0 Å². The van der Waals surface area contributed by atoms with Crippen LogP contribution in [0.2, 0.25) is 5.15 Å². The summed E-state index contributed by atoms with van der Waals surface area (Å²) in [5, 5.41) is 0.564. The summed E-state index contributed by atoms with van der Waals surface area (Å²) >= 11 is 6.16. The highest BCUT2D eigenvalue weighted by Crippen LogP contribution is 2.28. The SMILES string of the molecule is CCCC1CCCCN1c1cc(Cl)nc(C(C)C)n1. The number of rotatable bonds is 4. The van der Waals surface area contributed by atoms with Crippen LogP contribution in [-0.4, -0.2) is 22.6 Å². The maximum Gasteiger partial charge on any atom is 0.135 e. The zero-order valence-electron chi connectivity index (χ0n) is 12.2. The molecule has 2 heterocycles. The van der Waals surface area contributed by atoms with Crippen molar-refractivity contribution in [2.75, 3.05) is 11.4 Å². The molecule has 0 amide bonds. The van der Waals surface area contributed by atoms with Crippen LogP contribution in [0.5, 0.6) is 0 Å². The molecular weight excluding hydrogens is 258 g/mol. The third kappa shape index (κ3) is 3.59. The minimum Gasteiger partial charge on any atom is -0.353 e. The molecule has 106 valence electrons. The summed E-state index contributed by atoms with van der Waals surface area (Å²) < 4.78 is 0. The monoisotopic (exact) mass is 281 g/mol. The largest absolute Gasteiger partial charge is 0.353 e. The van der Waals surface area contributed by atoms with Crippen molar-refractivity contribution in [3.8, 4) is 0 Å². The number of hydrogen-bond acceptors (Lipinski definition) is 3. The number of aromatic nitrogens is 2. The van der Waals surface area contributed by atoms with Crippen molar-refractivity contribution < 1.29 is 0 Å². The van der Waals surface area contributed by atoms with E-state index in [1.54, 1.807) is 0 Å². The molecule has 1 aromatic heterocycles. The fourth-order valence-corrected chi connectivity index (χ4v) is 2.95. The van der Waals surface area contributed by atoms with E-state index < -0.39 is 0 Å². The molecule has 1 aliphatic rings. The first-order valence-corrected chi connectivity index (χ1v) is 7.80. The summed E-state index contributed by atoms with van der Waals surface area (Å²) in [6, 6.07) is 2.53. The van der Waals surface area contributed by atoms with Crippen LogP contribution in [0.15, 0.2) is 6.07 Å². The number of halogens is 1. The summed E-state index contributed by atoms with van der Waals surface area (Å²) in [5.74, 6) is 2.18. The second-order valence-corrected chi connectivity index (χ2v) is 6.08. The summed E-state index contributed by atoms with van der Waals surface area (Å²) in [4.78, 5) is 11.5. The fourth-order valence-electron chi connectivity index (χ4n) is 2.76. The maximum absolute atomic E-state index is 6.16. The van der Waals surface area contributed by atoms with Gasteiger partial charge in [0.2, 0.25) is 0 Å². The Balaban J connectivity index is 2.27. The predicted octanol–water partition coefficient (Wildman–Crippen LogP) is 4.41. The van der Waals surface area contributed by atoms with E-state index in [2.05, 4.69) is 30.7 Å². The summed E-state index contributed by atoms with van der Waals surface area (Å²) in [7, 11) is 0. The molecule has 0 N–H and O–H groups in total. The van der Waals surface area contributed by atoms with Gasteiger partial charge in [-0.05, 0) is 25.7 Å². The zero-order valence-corrected chi connectivity index (χ0v) is 13.0. The van der Waals surface area contributed by atoms with Crippen molar-refractivity contribution in [1.29, 1.82) is 0 Å². The highest BCUT2D eigenvalue weighted by Gasteiger charge is 2.23. The second-order valence-electron chi connectivity index (χ2n) is 5.69. The topological polar surface area (TPSA) is 29.0 Å². The van der Waals surface area contributed by atoms with Crippen LogP contribution < -0.4 is 4.90 Å². The maximum atomic E-state index is 6.16. The molecule has 1 aromatic rings. The van der Waals surface area contributed by atoms with E-state index in [1.165, 1.54) is 32.1 Å². The lowest BCUT2D eigenvalue weighted by Gasteiger charge is -2.37. The minimum absolute atomic E-state index is 0.312. The van der Waals surface area contributed by atoms with Gasteiger partial charge in [0.1, 0.15) is 16.8 Å². The number of anilines is 1. The smallest absolute Gasteiger partial charge is 0.135 e. The zero-order chi connectivity index (χ0) is 13.8. The van der Waals surface area contributed by atoms with Crippen molar-refractivity contribution in [1.82, 2.24) is 9.97 Å². The van der Waals surface area contributed by atoms with Crippen molar-refractivity contribution in [2.24, 2.45) is 0 Å². The van der Waals surface area contributed by atoms with Gasteiger partial charge in [0.05, 0.1) is 0 Å². The Morgan fingerprint density at radius 1 is 1.37 bits per heavy atom. The van der Waals surface area contributed by atoms with Gasteiger partial charge in [-0.15, -0.1) is 0 Å². The Bertz CT molecular complexity index is 418. The number of piperidine rings is 1. The lowest BCUT2D eigenvalue weighted by atomic mass is 9.98. The van der Waals surface area contributed by atoms with Crippen LogP contribution in [0.3, 0.4) is 0 Å². The van der Waals surface area contributed by atoms with Gasteiger partial charge in [-0.1, -0.05) is 38.8 Å². The van der Waals surface area contributed by atoms with Gasteiger partial charge < -0.3 is 4.90 Å². The Morgan fingerprint density at radius 2 is 2.16 bits per heavy atom. The van der Waals surface area contributed by atoms with Crippen molar-refractivity contribution >= 4 is 17.4 Å². The summed E-state index contributed by atoms with van der Waals surface area (Å²) in [5.41, 5.74) is 0. The summed E-state index contributed by atoms with van der Waals surface area (Å²) in [6.45, 7) is 7.55. The quantitative estimate of drug-likeness (QED) is 0.766. The van der Waals surface area contributed by atoms with E-state index in [-0.39, 0.29) is 0 Å². The van der Waals surface area contributed by atoms with Gasteiger partial charge in [-0.3, -0.25) is 0 Å². The van der Waals surface area contributed by atoms with Gasteiger partial charge in [0.15, 0.2) is 0 Å². The molecule has 1 saturated heterocycles. The Labute approximate surface area is 121 Å². The lowest BCUT2D eigenvalue weighted by Crippen LogP contribution is -2.40. The third-order valence-electron chi connectivity index (χ3n) is 3.76. The highest BCUT2D eigenvalue weighted by atomic mass is 35.5. The predicted molar refractivity (Wildman–Crippen MR) is 81.0 cm³/mol.